The molecule has 2 aromatic heterocycles. The van der Waals surface area contributed by atoms with E-state index in [1.54, 1.807) is 36.4 Å². The van der Waals surface area contributed by atoms with Gasteiger partial charge in [-0.1, -0.05) is 5.16 Å². The number of sulfonamides is 1. The van der Waals surface area contributed by atoms with E-state index in [1.165, 1.54) is 0 Å². The number of hydrogen-bond donors (Lipinski definition) is 1. The van der Waals surface area contributed by atoms with Crippen molar-refractivity contribution in [3.8, 4) is 16.4 Å². The molecule has 0 saturated carbocycles. The van der Waals surface area contributed by atoms with Crippen LogP contribution in [0.25, 0.3) is 10.6 Å². The Morgan fingerprint density at radius 3 is 2.48 bits per heavy atom. The molecule has 0 radical (unpaired) electrons. The minimum absolute atomic E-state index is 0.213. The van der Waals surface area contributed by atoms with Crippen LogP contribution in [0.5, 0.6) is 5.75 Å². The maximum atomic E-state index is 12.6. The van der Waals surface area contributed by atoms with Crippen LogP contribution in [0.1, 0.15) is 18.2 Å². The molecule has 0 fully saturated rings. The van der Waals surface area contributed by atoms with Crippen LogP contribution in [0.4, 0.5) is 5.69 Å². The molecule has 0 aliphatic carbocycles. The molecule has 8 heteroatoms. The van der Waals surface area contributed by atoms with Crippen molar-refractivity contribution in [2.75, 3.05) is 11.3 Å². The normalized spacial score (nSPS) is 11.5. The highest BCUT2D eigenvalue weighted by Gasteiger charge is 2.20. The van der Waals surface area contributed by atoms with Gasteiger partial charge in [0.15, 0.2) is 5.76 Å². The van der Waals surface area contributed by atoms with E-state index < -0.39 is 10.0 Å². The van der Waals surface area contributed by atoms with Gasteiger partial charge in [0.1, 0.15) is 9.96 Å². The average Bonchev–Trinajstić information content (AvgIpc) is 3.18. The van der Waals surface area contributed by atoms with Crippen molar-refractivity contribution in [3.63, 3.8) is 0 Å². The van der Waals surface area contributed by atoms with Gasteiger partial charge in [0.25, 0.3) is 10.0 Å². The van der Waals surface area contributed by atoms with Crippen LogP contribution in [0.3, 0.4) is 0 Å². The third-order valence-electron chi connectivity index (χ3n) is 3.64. The predicted molar refractivity (Wildman–Crippen MR) is 97.7 cm³/mol. The number of rotatable bonds is 6. The summed E-state index contributed by atoms with van der Waals surface area (Å²) in [7, 11) is -3.67. The Morgan fingerprint density at radius 2 is 1.88 bits per heavy atom. The molecule has 1 N–H and O–H groups in total. The molecule has 1 aromatic carbocycles. The fraction of sp³-hybridized carbons (Fsp3) is 0.235. The monoisotopic (exact) mass is 378 g/mol. The minimum Gasteiger partial charge on any atom is -0.494 e. The van der Waals surface area contributed by atoms with Crippen molar-refractivity contribution < 1.29 is 17.7 Å². The zero-order chi connectivity index (χ0) is 18.0. The second-order valence-electron chi connectivity index (χ2n) is 5.40. The van der Waals surface area contributed by atoms with E-state index in [0.29, 0.717) is 23.8 Å². The van der Waals surface area contributed by atoms with Crippen LogP contribution in [0.15, 0.2) is 45.1 Å². The summed E-state index contributed by atoms with van der Waals surface area (Å²) in [6, 6.07) is 10.1. The Hall–Kier alpha value is -2.32. The van der Waals surface area contributed by atoms with Crippen LogP contribution in [-0.4, -0.2) is 20.2 Å². The second kappa shape index (κ2) is 6.89. The van der Waals surface area contributed by atoms with Crippen molar-refractivity contribution in [1.29, 1.82) is 0 Å². The summed E-state index contributed by atoms with van der Waals surface area (Å²) in [4.78, 5) is 0.727. The van der Waals surface area contributed by atoms with Crippen LogP contribution >= 0.6 is 11.3 Å². The van der Waals surface area contributed by atoms with Crippen LogP contribution in [0, 0.1) is 13.8 Å². The zero-order valence-electron chi connectivity index (χ0n) is 14.1. The molecule has 0 amide bonds. The molecule has 0 saturated heterocycles. The molecule has 132 valence electrons. The summed E-state index contributed by atoms with van der Waals surface area (Å²) >= 11 is 1.14. The van der Waals surface area contributed by atoms with Crippen molar-refractivity contribution in [3.05, 3.63) is 47.7 Å². The summed E-state index contributed by atoms with van der Waals surface area (Å²) in [6.07, 6.45) is 0. The largest absolute Gasteiger partial charge is 0.494 e. The second-order valence-corrected chi connectivity index (χ2v) is 8.40. The number of anilines is 1. The molecule has 0 aliphatic heterocycles. The first-order chi connectivity index (χ1) is 11.9. The van der Waals surface area contributed by atoms with Gasteiger partial charge in [0.05, 0.1) is 17.2 Å². The molecule has 6 nitrogen and oxygen atoms in total. The summed E-state index contributed by atoms with van der Waals surface area (Å²) in [5, 5.41) is 3.91. The Labute approximate surface area is 150 Å². The first kappa shape index (κ1) is 17.5. The fourth-order valence-electron chi connectivity index (χ4n) is 2.22. The number of aryl methyl sites for hydroxylation is 1. The minimum atomic E-state index is -3.67. The number of benzene rings is 1. The summed E-state index contributed by atoms with van der Waals surface area (Å²) < 4.78 is 38.6. The van der Waals surface area contributed by atoms with Gasteiger partial charge >= 0.3 is 0 Å². The third kappa shape index (κ3) is 3.69. The topological polar surface area (TPSA) is 81.4 Å². The van der Waals surface area contributed by atoms with E-state index in [1.807, 2.05) is 20.8 Å². The summed E-state index contributed by atoms with van der Waals surface area (Å²) in [5.41, 5.74) is 2.18. The van der Waals surface area contributed by atoms with E-state index in [0.717, 1.165) is 27.5 Å². The first-order valence-electron chi connectivity index (χ1n) is 7.69. The summed E-state index contributed by atoms with van der Waals surface area (Å²) in [5.74, 6) is 1.30. The molecule has 0 atom stereocenters. The zero-order valence-corrected chi connectivity index (χ0v) is 15.7. The lowest BCUT2D eigenvalue weighted by atomic mass is 10.2. The highest BCUT2D eigenvalue weighted by molar-refractivity contribution is 7.94. The van der Waals surface area contributed by atoms with Crippen molar-refractivity contribution in [2.24, 2.45) is 0 Å². The first-order valence-corrected chi connectivity index (χ1v) is 9.99. The number of thiophene rings is 1. The Morgan fingerprint density at radius 1 is 1.16 bits per heavy atom. The highest BCUT2D eigenvalue weighted by atomic mass is 32.2. The molecule has 2 heterocycles. The molecule has 0 aliphatic rings. The Balaban J connectivity index is 1.82. The number of nitrogens with zero attached hydrogens (tertiary/aromatic N) is 1. The maximum absolute atomic E-state index is 12.6. The van der Waals surface area contributed by atoms with E-state index in [2.05, 4.69) is 9.88 Å². The molecule has 0 unspecified atom stereocenters. The Kier molecular flexibility index (Phi) is 4.82. The predicted octanol–water partition coefficient (Wildman–Crippen LogP) is 4.22. The number of aromatic nitrogens is 1. The van der Waals surface area contributed by atoms with Gasteiger partial charge in [-0.15, -0.1) is 11.3 Å². The SMILES string of the molecule is CCOc1ccc(NS(=O)(=O)c2ccc(-c3onc(C)c3C)s2)cc1. The van der Waals surface area contributed by atoms with Gasteiger partial charge in [-0.3, -0.25) is 4.72 Å². The third-order valence-corrected chi connectivity index (χ3v) is 6.60. The molecule has 3 rings (SSSR count). The maximum Gasteiger partial charge on any atom is 0.271 e. The van der Waals surface area contributed by atoms with E-state index in [4.69, 9.17) is 9.26 Å². The van der Waals surface area contributed by atoms with Crippen molar-refractivity contribution in [1.82, 2.24) is 5.16 Å². The van der Waals surface area contributed by atoms with Crippen LogP contribution < -0.4 is 9.46 Å². The lowest BCUT2D eigenvalue weighted by Gasteiger charge is -2.07. The average molecular weight is 378 g/mol. The van der Waals surface area contributed by atoms with Gasteiger partial charge in [-0.25, -0.2) is 8.42 Å². The highest BCUT2D eigenvalue weighted by Crippen LogP contribution is 2.34. The van der Waals surface area contributed by atoms with Gasteiger partial charge in [0, 0.05) is 11.3 Å². The summed E-state index contributed by atoms with van der Waals surface area (Å²) in [6.45, 7) is 6.20. The molecule has 3 aromatic rings. The molecular formula is C17H18N2O4S2. The van der Waals surface area contributed by atoms with Crippen LogP contribution in [-0.2, 0) is 10.0 Å². The molecule has 0 bridgehead atoms. The van der Waals surface area contributed by atoms with Gasteiger partial charge in [-0.05, 0) is 57.2 Å². The molecule has 25 heavy (non-hydrogen) atoms. The van der Waals surface area contributed by atoms with Gasteiger partial charge in [-0.2, -0.15) is 0 Å². The number of hydrogen-bond acceptors (Lipinski definition) is 6. The van der Waals surface area contributed by atoms with Crippen molar-refractivity contribution >= 4 is 27.0 Å². The Bertz CT molecular complexity index is 973. The van der Waals surface area contributed by atoms with Crippen LogP contribution in [0.2, 0.25) is 0 Å². The lowest BCUT2D eigenvalue weighted by Crippen LogP contribution is -2.11. The van der Waals surface area contributed by atoms with Gasteiger partial charge in [0.2, 0.25) is 0 Å². The fourth-order valence-corrected chi connectivity index (χ4v) is 4.62. The molecular weight excluding hydrogens is 360 g/mol. The van der Waals surface area contributed by atoms with E-state index in [9.17, 15) is 8.42 Å². The molecule has 0 spiro atoms. The standard InChI is InChI=1S/C17H18N2O4S2/c1-4-22-14-7-5-13(6-8-14)19-25(20,21)16-10-9-15(24-16)17-11(2)12(3)18-23-17/h5-10,19H,4H2,1-3H3. The smallest absolute Gasteiger partial charge is 0.271 e. The van der Waals surface area contributed by atoms with Crippen molar-refractivity contribution in [2.45, 2.75) is 25.0 Å². The van der Waals surface area contributed by atoms with Gasteiger partial charge < -0.3 is 9.26 Å². The quantitative estimate of drug-likeness (QED) is 0.694. The van der Waals surface area contributed by atoms with E-state index >= 15 is 0 Å². The lowest BCUT2D eigenvalue weighted by molar-refractivity contribution is 0.340. The number of ether oxygens (including phenoxy) is 1. The van der Waals surface area contributed by atoms with E-state index in [-0.39, 0.29) is 4.21 Å². The number of nitrogens with one attached hydrogen (secondary N) is 1.